The van der Waals surface area contributed by atoms with Crippen molar-refractivity contribution in [3.8, 4) is 5.69 Å². The SMILES string of the molecule is Cc1ccc(F)c(N2CC3(C2)CN(c2nnc4n2-c2ccc(Cl)cc2CN(C2(C)CC(F)(F)C2)C4)C3)n1. The number of halogens is 4. The maximum Gasteiger partial charge on any atom is 0.251 e. The van der Waals surface area contributed by atoms with E-state index in [4.69, 9.17) is 11.6 Å². The fourth-order valence-electron chi connectivity index (χ4n) is 6.63. The topological polar surface area (TPSA) is 53.3 Å². The number of aromatic nitrogens is 4. The summed E-state index contributed by atoms with van der Waals surface area (Å²) in [4.78, 5) is 10.7. The summed E-state index contributed by atoms with van der Waals surface area (Å²) in [6.07, 6.45) is -0.336. The van der Waals surface area contributed by atoms with E-state index < -0.39 is 11.5 Å². The molecule has 0 radical (unpaired) electrons. The van der Waals surface area contributed by atoms with Gasteiger partial charge in [-0.3, -0.25) is 9.47 Å². The molecule has 37 heavy (non-hydrogen) atoms. The van der Waals surface area contributed by atoms with E-state index in [1.807, 2.05) is 36.9 Å². The number of rotatable bonds is 3. The maximum absolute atomic E-state index is 14.3. The Balaban J connectivity index is 1.15. The fraction of sp³-hybridized carbons (Fsp3) is 0.500. The van der Waals surface area contributed by atoms with Crippen LogP contribution >= 0.6 is 11.6 Å². The highest BCUT2D eigenvalue weighted by molar-refractivity contribution is 6.30. The second-order valence-electron chi connectivity index (χ2n) is 11.6. The quantitative estimate of drug-likeness (QED) is 0.494. The molecule has 1 aliphatic carbocycles. The Morgan fingerprint density at radius 2 is 1.68 bits per heavy atom. The zero-order valence-corrected chi connectivity index (χ0v) is 21.4. The summed E-state index contributed by atoms with van der Waals surface area (Å²) in [6, 6.07) is 8.86. The lowest BCUT2D eigenvalue weighted by atomic mass is 9.73. The van der Waals surface area contributed by atoms with Crippen molar-refractivity contribution in [1.29, 1.82) is 0 Å². The van der Waals surface area contributed by atoms with Gasteiger partial charge < -0.3 is 9.80 Å². The standard InChI is InChI=1S/C26H27ClF3N7/c1-16-3-5-19(28)22(31-16)34-12-25(13-34)14-35(15-25)23-33-32-21-9-36(24(2)10-26(29,30)11-24)8-17-7-18(27)4-6-20(17)37(21)23/h3-7H,8-15H2,1-2H3. The molecule has 2 saturated heterocycles. The summed E-state index contributed by atoms with van der Waals surface area (Å²) in [5.41, 5.74) is 2.15. The van der Waals surface area contributed by atoms with Gasteiger partial charge in [0.25, 0.3) is 5.92 Å². The zero-order chi connectivity index (χ0) is 25.7. The van der Waals surface area contributed by atoms with Gasteiger partial charge in [-0.2, -0.15) is 0 Å². The Kier molecular flexibility index (Phi) is 4.78. The molecule has 5 heterocycles. The molecule has 0 N–H and O–H groups in total. The lowest BCUT2D eigenvalue weighted by Crippen LogP contribution is -2.73. The molecular formula is C26H27ClF3N7. The lowest BCUT2D eigenvalue weighted by Gasteiger charge is -2.60. The van der Waals surface area contributed by atoms with Crippen molar-refractivity contribution in [3.63, 3.8) is 0 Å². The number of fused-ring (bicyclic) bond motifs is 3. The molecule has 7 rings (SSSR count). The number of hydrogen-bond acceptors (Lipinski definition) is 6. The summed E-state index contributed by atoms with van der Waals surface area (Å²) in [5, 5.41) is 9.66. The van der Waals surface area contributed by atoms with Crippen LogP contribution in [0.2, 0.25) is 5.02 Å². The molecule has 0 atom stereocenters. The minimum absolute atomic E-state index is 0.0643. The van der Waals surface area contributed by atoms with E-state index in [2.05, 4.69) is 29.5 Å². The first-order chi connectivity index (χ1) is 17.5. The third-order valence-corrected chi connectivity index (χ3v) is 8.62. The fourth-order valence-corrected chi connectivity index (χ4v) is 6.82. The first-order valence-corrected chi connectivity index (χ1v) is 12.9. The van der Waals surface area contributed by atoms with E-state index in [0.29, 0.717) is 23.9 Å². The molecule has 1 aromatic carbocycles. The number of pyridine rings is 1. The number of benzene rings is 1. The van der Waals surface area contributed by atoms with Crippen LogP contribution in [0, 0.1) is 18.2 Å². The van der Waals surface area contributed by atoms with Gasteiger partial charge >= 0.3 is 0 Å². The average Bonchev–Trinajstić information content (AvgIpc) is 3.07. The third kappa shape index (κ3) is 3.63. The van der Waals surface area contributed by atoms with Gasteiger partial charge in [0.15, 0.2) is 17.5 Å². The van der Waals surface area contributed by atoms with Crippen LogP contribution in [0.5, 0.6) is 0 Å². The number of anilines is 2. The van der Waals surface area contributed by atoms with Crippen LogP contribution in [-0.4, -0.2) is 62.3 Å². The number of hydrogen-bond donors (Lipinski definition) is 0. The smallest absolute Gasteiger partial charge is 0.251 e. The van der Waals surface area contributed by atoms with Crippen molar-refractivity contribution in [2.75, 3.05) is 36.0 Å². The van der Waals surface area contributed by atoms with E-state index in [0.717, 1.165) is 54.9 Å². The largest absolute Gasteiger partial charge is 0.353 e. The van der Waals surface area contributed by atoms with Crippen molar-refractivity contribution < 1.29 is 13.2 Å². The van der Waals surface area contributed by atoms with E-state index >= 15 is 0 Å². The van der Waals surface area contributed by atoms with Gasteiger partial charge in [0.1, 0.15) is 0 Å². The number of alkyl halides is 2. The van der Waals surface area contributed by atoms with Gasteiger partial charge in [-0.15, -0.1) is 10.2 Å². The maximum atomic E-state index is 14.3. The highest BCUT2D eigenvalue weighted by atomic mass is 35.5. The van der Waals surface area contributed by atoms with E-state index in [-0.39, 0.29) is 24.1 Å². The van der Waals surface area contributed by atoms with Crippen molar-refractivity contribution in [1.82, 2.24) is 24.6 Å². The molecule has 3 fully saturated rings. The molecule has 1 spiro atoms. The van der Waals surface area contributed by atoms with Crippen LogP contribution in [0.25, 0.3) is 5.69 Å². The monoisotopic (exact) mass is 529 g/mol. The lowest BCUT2D eigenvalue weighted by molar-refractivity contribution is -0.173. The van der Waals surface area contributed by atoms with Gasteiger partial charge in [0.2, 0.25) is 5.95 Å². The average molecular weight is 530 g/mol. The molecule has 3 aromatic rings. The Hall–Kier alpha value is -2.85. The molecule has 2 aromatic heterocycles. The van der Waals surface area contributed by atoms with Gasteiger partial charge in [0, 0.05) is 67.2 Å². The first-order valence-electron chi connectivity index (χ1n) is 12.5. The van der Waals surface area contributed by atoms with Gasteiger partial charge in [0.05, 0.1) is 12.2 Å². The van der Waals surface area contributed by atoms with Crippen LogP contribution in [-0.2, 0) is 13.1 Å². The summed E-state index contributed by atoms with van der Waals surface area (Å²) in [5.74, 6) is -1.03. The molecule has 0 amide bonds. The number of nitrogens with zero attached hydrogens (tertiary/aromatic N) is 7. The van der Waals surface area contributed by atoms with Gasteiger partial charge in [-0.1, -0.05) is 11.6 Å². The van der Waals surface area contributed by atoms with Crippen LogP contribution in [0.1, 0.15) is 36.8 Å². The molecule has 0 unspecified atom stereocenters. The van der Waals surface area contributed by atoms with Crippen LogP contribution in [0.3, 0.4) is 0 Å². The van der Waals surface area contributed by atoms with E-state index in [1.165, 1.54) is 6.07 Å². The molecule has 0 bridgehead atoms. The molecule has 194 valence electrons. The van der Waals surface area contributed by atoms with Crippen molar-refractivity contribution in [2.24, 2.45) is 5.41 Å². The normalized spacial score (nSPS) is 23.0. The highest BCUT2D eigenvalue weighted by Crippen LogP contribution is 2.51. The Morgan fingerprint density at radius 1 is 0.946 bits per heavy atom. The van der Waals surface area contributed by atoms with Crippen molar-refractivity contribution in [2.45, 2.75) is 51.2 Å². The molecular weight excluding hydrogens is 503 g/mol. The predicted octanol–water partition coefficient (Wildman–Crippen LogP) is 4.59. The molecule has 3 aliphatic heterocycles. The molecule has 11 heteroatoms. The minimum atomic E-state index is -2.63. The second-order valence-corrected chi connectivity index (χ2v) is 12.0. The Labute approximate surface area is 217 Å². The van der Waals surface area contributed by atoms with E-state index in [9.17, 15) is 13.2 Å². The highest BCUT2D eigenvalue weighted by Gasteiger charge is 2.57. The third-order valence-electron chi connectivity index (χ3n) is 8.39. The summed E-state index contributed by atoms with van der Waals surface area (Å²) < 4.78 is 44.1. The van der Waals surface area contributed by atoms with Crippen LogP contribution in [0.4, 0.5) is 24.9 Å². The second kappa shape index (κ2) is 7.60. The number of aryl methyl sites for hydroxylation is 1. The van der Waals surface area contributed by atoms with Crippen molar-refractivity contribution in [3.05, 3.63) is 58.3 Å². The summed E-state index contributed by atoms with van der Waals surface area (Å²) in [6.45, 7) is 7.75. The molecule has 4 aliphatic rings. The van der Waals surface area contributed by atoms with Gasteiger partial charge in [-0.25, -0.2) is 18.2 Å². The molecule has 7 nitrogen and oxygen atoms in total. The Bertz CT molecular complexity index is 1400. The van der Waals surface area contributed by atoms with Crippen LogP contribution in [0.15, 0.2) is 30.3 Å². The van der Waals surface area contributed by atoms with E-state index in [1.54, 1.807) is 6.07 Å². The predicted molar refractivity (Wildman–Crippen MR) is 134 cm³/mol. The minimum Gasteiger partial charge on any atom is -0.353 e. The van der Waals surface area contributed by atoms with Gasteiger partial charge in [-0.05, 0) is 49.7 Å². The van der Waals surface area contributed by atoms with Crippen molar-refractivity contribution >= 4 is 23.4 Å². The Morgan fingerprint density at radius 3 is 2.41 bits per heavy atom. The zero-order valence-electron chi connectivity index (χ0n) is 20.7. The summed E-state index contributed by atoms with van der Waals surface area (Å²) in [7, 11) is 0. The molecule has 1 saturated carbocycles. The summed E-state index contributed by atoms with van der Waals surface area (Å²) >= 11 is 6.35. The van der Waals surface area contributed by atoms with Crippen LogP contribution < -0.4 is 9.80 Å². The first kappa shape index (κ1) is 23.3.